The predicted octanol–water partition coefficient (Wildman–Crippen LogP) is 1.98. The first-order chi connectivity index (χ1) is 6.83. The zero-order valence-corrected chi connectivity index (χ0v) is 7.99. The first-order valence-corrected chi connectivity index (χ1v) is 4.51. The molecule has 2 aromatic rings. The van der Waals surface area contributed by atoms with Crippen molar-refractivity contribution in [1.82, 2.24) is 0 Å². The predicted molar refractivity (Wildman–Crippen MR) is 53.6 cm³/mol. The van der Waals surface area contributed by atoms with Gasteiger partial charge in [0.2, 0.25) is 0 Å². The highest BCUT2D eigenvalue weighted by Gasteiger charge is 2.03. The van der Waals surface area contributed by atoms with Gasteiger partial charge in [-0.25, -0.2) is 0 Å². The number of furan rings is 1. The van der Waals surface area contributed by atoms with Gasteiger partial charge < -0.3 is 14.3 Å². The molecule has 2 rings (SSSR count). The van der Waals surface area contributed by atoms with Gasteiger partial charge in [-0.1, -0.05) is 0 Å². The summed E-state index contributed by atoms with van der Waals surface area (Å²) in [6.07, 6.45) is 0.553. The number of aliphatic hydroxyl groups excluding tert-OH is 1. The fourth-order valence-corrected chi connectivity index (χ4v) is 1.44. The van der Waals surface area contributed by atoms with E-state index in [4.69, 9.17) is 14.3 Å². The highest BCUT2D eigenvalue weighted by Crippen LogP contribution is 2.24. The lowest BCUT2D eigenvalue weighted by Crippen LogP contribution is -1.85. The number of fused-ring (bicyclic) bond motifs is 1. The molecule has 3 heteroatoms. The van der Waals surface area contributed by atoms with E-state index in [1.807, 2.05) is 24.3 Å². The minimum Gasteiger partial charge on any atom is -0.497 e. The van der Waals surface area contributed by atoms with Gasteiger partial charge >= 0.3 is 0 Å². The molecule has 14 heavy (non-hydrogen) atoms. The van der Waals surface area contributed by atoms with Crippen molar-refractivity contribution in [3.8, 4) is 5.75 Å². The van der Waals surface area contributed by atoms with Crippen molar-refractivity contribution < 1.29 is 14.3 Å². The number of ether oxygens (including phenoxy) is 1. The Morgan fingerprint density at radius 2 is 2.21 bits per heavy atom. The molecular formula is C11H12O3. The molecule has 1 N–H and O–H groups in total. The van der Waals surface area contributed by atoms with Gasteiger partial charge in [0.25, 0.3) is 0 Å². The summed E-state index contributed by atoms with van der Waals surface area (Å²) in [5.41, 5.74) is 0.828. The molecule has 0 aliphatic rings. The van der Waals surface area contributed by atoms with Crippen LogP contribution in [0.15, 0.2) is 28.7 Å². The van der Waals surface area contributed by atoms with Gasteiger partial charge in [0.1, 0.15) is 17.1 Å². The topological polar surface area (TPSA) is 42.6 Å². The van der Waals surface area contributed by atoms with Crippen molar-refractivity contribution in [1.29, 1.82) is 0 Å². The van der Waals surface area contributed by atoms with Crippen LogP contribution >= 0.6 is 0 Å². The Kier molecular flexibility index (Phi) is 2.41. The number of benzene rings is 1. The van der Waals surface area contributed by atoms with E-state index in [0.717, 1.165) is 22.5 Å². The molecule has 74 valence electrons. The maximum Gasteiger partial charge on any atom is 0.134 e. The van der Waals surface area contributed by atoms with Crippen LogP contribution < -0.4 is 4.74 Å². The molecule has 0 saturated heterocycles. The largest absolute Gasteiger partial charge is 0.497 e. The van der Waals surface area contributed by atoms with Crippen LogP contribution in [-0.4, -0.2) is 18.8 Å². The Morgan fingerprint density at radius 1 is 1.36 bits per heavy atom. The second-order valence-corrected chi connectivity index (χ2v) is 3.09. The molecule has 0 aliphatic carbocycles. The molecular weight excluding hydrogens is 180 g/mol. The summed E-state index contributed by atoms with van der Waals surface area (Å²) in [7, 11) is 1.63. The minimum atomic E-state index is 0.108. The lowest BCUT2D eigenvalue weighted by Gasteiger charge is -1.96. The van der Waals surface area contributed by atoms with Crippen LogP contribution in [0.2, 0.25) is 0 Å². The average Bonchev–Trinajstić information content (AvgIpc) is 2.59. The number of hydrogen-bond acceptors (Lipinski definition) is 3. The van der Waals surface area contributed by atoms with Crippen LogP contribution in [0.3, 0.4) is 0 Å². The quantitative estimate of drug-likeness (QED) is 0.808. The molecule has 1 heterocycles. The Bertz CT molecular complexity index is 431. The van der Waals surface area contributed by atoms with Crippen LogP contribution in [0.1, 0.15) is 5.76 Å². The lowest BCUT2D eigenvalue weighted by atomic mass is 10.2. The first kappa shape index (κ1) is 9.09. The van der Waals surface area contributed by atoms with E-state index in [1.165, 1.54) is 0 Å². The van der Waals surface area contributed by atoms with Crippen LogP contribution in [0.5, 0.6) is 5.75 Å². The molecule has 0 unspecified atom stereocenters. The van der Waals surface area contributed by atoms with Crippen LogP contribution in [-0.2, 0) is 6.42 Å². The van der Waals surface area contributed by atoms with Gasteiger partial charge in [-0.05, 0) is 24.3 Å². The molecule has 0 aliphatic heterocycles. The SMILES string of the molecule is COc1ccc2oc(CCO)cc2c1. The standard InChI is InChI=1S/C11H12O3/c1-13-9-2-3-11-8(6-9)7-10(14-11)4-5-12/h2-3,6-7,12H,4-5H2,1H3. The number of rotatable bonds is 3. The van der Waals surface area contributed by atoms with E-state index in [-0.39, 0.29) is 6.61 Å². The summed E-state index contributed by atoms with van der Waals surface area (Å²) in [6, 6.07) is 7.57. The van der Waals surface area contributed by atoms with E-state index in [1.54, 1.807) is 7.11 Å². The van der Waals surface area contributed by atoms with Crippen molar-refractivity contribution in [3.05, 3.63) is 30.0 Å². The molecule has 0 saturated carbocycles. The van der Waals surface area contributed by atoms with Crippen LogP contribution in [0.25, 0.3) is 11.0 Å². The highest BCUT2D eigenvalue weighted by atomic mass is 16.5. The Hall–Kier alpha value is -1.48. The van der Waals surface area contributed by atoms with E-state index >= 15 is 0 Å². The molecule has 3 nitrogen and oxygen atoms in total. The first-order valence-electron chi connectivity index (χ1n) is 4.51. The molecule has 0 fully saturated rings. The van der Waals surface area contributed by atoms with Gasteiger partial charge in [-0.15, -0.1) is 0 Å². The Balaban J connectivity index is 2.43. The fraction of sp³-hybridized carbons (Fsp3) is 0.273. The normalized spacial score (nSPS) is 10.7. The summed E-state index contributed by atoms with van der Waals surface area (Å²) in [5, 5.41) is 9.77. The zero-order chi connectivity index (χ0) is 9.97. The van der Waals surface area contributed by atoms with Crippen molar-refractivity contribution in [2.24, 2.45) is 0 Å². The van der Waals surface area contributed by atoms with Gasteiger partial charge in [0.05, 0.1) is 13.7 Å². The van der Waals surface area contributed by atoms with E-state index < -0.39 is 0 Å². The van der Waals surface area contributed by atoms with E-state index in [0.29, 0.717) is 6.42 Å². The van der Waals surface area contributed by atoms with Crippen molar-refractivity contribution in [2.75, 3.05) is 13.7 Å². The summed E-state index contributed by atoms with van der Waals surface area (Å²) < 4.78 is 10.6. The fourth-order valence-electron chi connectivity index (χ4n) is 1.44. The Morgan fingerprint density at radius 3 is 2.93 bits per heavy atom. The molecule has 0 bridgehead atoms. The summed E-state index contributed by atoms with van der Waals surface area (Å²) in [5.74, 6) is 1.62. The molecule has 1 aromatic heterocycles. The molecule has 0 atom stereocenters. The van der Waals surface area contributed by atoms with E-state index in [9.17, 15) is 0 Å². The number of methoxy groups -OCH3 is 1. The lowest BCUT2D eigenvalue weighted by molar-refractivity contribution is 0.289. The molecule has 0 amide bonds. The van der Waals surface area contributed by atoms with Gasteiger partial charge in [0, 0.05) is 11.8 Å². The minimum absolute atomic E-state index is 0.108. The average molecular weight is 192 g/mol. The highest BCUT2D eigenvalue weighted by molar-refractivity contribution is 5.79. The second-order valence-electron chi connectivity index (χ2n) is 3.09. The number of aliphatic hydroxyl groups is 1. The smallest absolute Gasteiger partial charge is 0.134 e. The van der Waals surface area contributed by atoms with Gasteiger partial charge in [-0.2, -0.15) is 0 Å². The van der Waals surface area contributed by atoms with Gasteiger partial charge in [0.15, 0.2) is 0 Å². The van der Waals surface area contributed by atoms with Crippen molar-refractivity contribution >= 4 is 11.0 Å². The van der Waals surface area contributed by atoms with Crippen molar-refractivity contribution in [2.45, 2.75) is 6.42 Å². The molecule has 0 radical (unpaired) electrons. The maximum atomic E-state index is 8.76. The molecule has 0 spiro atoms. The molecule has 1 aromatic carbocycles. The monoisotopic (exact) mass is 192 g/mol. The maximum absolute atomic E-state index is 8.76. The van der Waals surface area contributed by atoms with Gasteiger partial charge in [-0.3, -0.25) is 0 Å². The number of hydrogen-bond donors (Lipinski definition) is 1. The van der Waals surface area contributed by atoms with Crippen LogP contribution in [0, 0.1) is 0 Å². The second kappa shape index (κ2) is 3.72. The van der Waals surface area contributed by atoms with Crippen LogP contribution in [0.4, 0.5) is 0 Å². The summed E-state index contributed by atoms with van der Waals surface area (Å²) >= 11 is 0. The summed E-state index contributed by atoms with van der Waals surface area (Å²) in [4.78, 5) is 0. The van der Waals surface area contributed by atoms with Crippen molar-refractivity contribution in [3.63, 3.8) is 0 Å². The third kappa shape index (κ3) is 1.59. The van der Waals surface area contributed by atoms with E-state index in [2.05, 4.69) is 0 Å². The zero-order valence-electron chi connectivity index (χ0n) is 7.99. The third-order valence-corrected chi connectivity index (χ3v) is 2.13. The third-order valence-electron chi connectivity index (χ3n) is 2.13. The Labute approximate surface area is 81.9 Å². The summed E-state index contributed by atoms with van der Waals surface area (Å²) in [6.45, 7) is 0.108.